The number of thioether (sulfide) groups is 1. The number of carbonyl (C=O) groups excluding carboxylic acids is 1. The topological polar surface area (TPSA) is 147 Å². The van der Waals surface area contributed by atoms with Crippen LogP contribution < -0.4 is 21.9 Å². The molecule has 4 rings (SSSR count). The van der Waals surface area contributed by atoms with Gasteiger partial charge in [-0.1, -0.05) is 18.7 Å². The molecule has 186 valence electrons. The molecule has 0 spiro atoms. The Morgan fingerprint density at radius 2 is 1.91 bits per heavy atom. The third-order valence-electron chi connectivity index (χ3n) is 5.35. The van der Waals surface area contributed by atoms with Crippen LogP contribution in [0.25, 0.3) is 22.2 Å². The fraction of sp³-hybridized carbons (Fsp3) is 0.476. The van der Waals surface area contributed by atoms with Gasteiger partial charge in [0.1, 0.15) is 12.4 Å². The van der Waals surface area contributed by atoms with Gasteiger partial charge in [-0.15, -0.1) is 0 Å². The van der Waals surface area contributed by atoms with Gasteiger partial charge in [-0.25, -0.2) is 24.4 Å². The van der Waals surface area contributed by atoms with E-state index in [9.17, 15) is 14.4 Å². The van der Waals surface area contributed by atoms with Crippen LogP contribution in [0.15, 0.2) is 27.3 Å². The average Bonchev–Trinajstić information content (AvgIpc) is 3.41. The maximum absolute atomic E-state index is 12.6. The van der Waals surface area contributed by atoms with Crippen molar-refractivity contribution in [3.63, 3.8) is 0 Å². The molecule has 0 radical (unpaired) electrons. The minimum atomic E-state index is -0.498. The van der Waals surface area contributed by atoms with Crippen LogP contribution in [-0.2, 0) is 32.0 Å². The number of fused-ring (bicyclic) bond motifs is 2. The molecule has 4 aromatic rings. The number of hydrogen-bond donors (Lipinski definition) is 2. The molecule has 35 heavy (non-hydrogen) atoms. The fourth-order valence-electron chi connectivity index (χ4n) is 3.70. The maximum Gasteiger partial charge on any atom is 0.332 e. The first-order valence-electron chi connectivity index (χ1n) is 11.2. The van der Waals surface area contributed by atoms with Crippen molar-refractivity contribution in [3.05, 3.63) is 33.4 Å². The molecule has 4 aromatic heterocycles. The number of amides is 1. The lowest BCUT2D eigenvalue weighted by Crippen LogP contribution is -2.38. The first kappa shape index (κ1) is 24.4. The molecular weight excluding hydrogens is 472 g/mol. The van der Waals surface area contributed by atoms with Crippen LogP contribution in [-0.4, -0.2) is 62.7 Å². The Morgan fingerprint density at radius 1 is 1.14 bits per heavy atom. The molecule has 2 N–H and O–H groups in total. The van der Waals surface area contributed by atoms with Crippen molar-refractivity contribution in [2.24, 2.45) is 14.1 Å². The predicted octanol–water partition coefficient (Wildman–Crippen LogP) is 0.322. The summed E-state index contributed by atoms with van der Waals surface area (Å²) in [5, 5.41) is 12.1. The Morgan fingerprint density at radius 3 is 2.63 bits per heavy atom. The molecule has 0 saturated heterocycles. The summed E-state index contributed by atoms with van der Waals surface area (Å²) in [6.45, 7) is 6.74. The normalized spacial score (nSPS) is 11.6. The van der Waals surface area contributed by atoms with Gasteiger partial charge in [0.05, 0.1) is 24.5 Å². The van der Waals surface area contributed by atoms with E-state index in [1.54, 1.807) is 22.6 Å². The van der Waals surface area contributed by atoms with Crippen molar-refractivity contribution in [1.82, 2.24) is 43.8 Å². The first-order chi connectivity index (χ1) is 16.7. The van der Waals surface area contributed by atoms with Crippen LogP contribution in [0, 0.1) is 0 Å². The Kier molecular flexibility index (Phi) is 6.91. The fourth-order valence-corrected chi connectivity index (χ4v) is 4.27. The zero-order valence-electron chi connectivity index (χ0n) is 20.3. The van der Waals surface area contributed by atoms with Crippen LogP contribution in [0.2, 0.25) is 0 Å². The molecule has 0 saturated carbocycles. The highest BCUT2D eigenvalue weighted by Gasteiger charge is 2.17. The van der Waals surface area contributed by atoms with E-state index in [0.717, 1.165) is 21.5 Å². The number of aryl methyl sites for hydroxylation is 1. The number of nitrogens with one attached hydrogen (secondary N) is 2. The van der Waals surface area contributed by atoms with Gasteiger partial charge in [0.15, 0.2) is 22.0 Å². The molecule has 0 bridgehead atoms. The smallest absolute Gasteiger partial charge is 0.332 e. The van der Waals surface area contributed by atoms with Crippen molar-refractivity contribution in [2.45, 2.75) is 45.1 Å². The van der Waals surface area contributed by atoms with Gasteiger partial charge in [-0.05, 0) is 19.6 Å². The molecule has 0 unspecified atom stereocenters. The van der Waals surface area contributed by atoms with Gasteiger partial charge in [0.2, 0.25) is 5.91 Å². The summed E-state index contributed by atoms with van der Waals surface area (Å²) in [4.78, 5) is 50.6. The molecule has 0 aliphatic carbocycles. The van der Waals surface area contributed by atoms with E-state index in [2.05, 4.69) is 30.7 Å². The Balaban J connectivity index is 1.48. The quantitative estimate of drug-likeness (QED) is 0.245. The molecule has 0 fully saturated rings. The average molecular weight is 501 g/mol. The van der Waals surface area contributed by atoms with Gasteiger partial charge >= 0.3 is 5.69 Å². The number of carbonyl (C=O) groups is 1. The van der Waals surface area contributed by atoms with E-state index in [-0.39, 0.29) is 29.7 Å². The number of rotatable bonds is 9. The minimum absolute atomic E-state index is 0.105. The maximum atomic E-state index is 12.6. The van der Waals surface area contributed by atoms with Crippen molar-refractivity contribution in [2.75, 3.05) is 17.6 Å². The summed E-state index contributed by atoms with van der Waals surface area (Å²) in [6.07, 6.45) is 3.11. The van der Waals surface area contributed by atoms with Gasteiger partial charge in [-0.2, -0.15) is 5.10 Å². The third kappa shape index (κ3) is 4.78. The van der Waals surface area contributed by atoms with Crippen LogP contribution in [0.5, 0.6) is 0 Å². The monoisotopic (exact) mass is 500 g/mol. The second-order valence-electron chi connectivity index (χ2n) is 8.29. The molecule has 14 heteroatoms. The van der Waals surface area contributed by atoms with E-state index < -0.39 is 11.2 Å². The van der Waals surface area contributed by atoms with Crippen molar-refractivity contribution in [1.29, 1.82) is 0 Å². The molecule has 0 aliphatic heterocycles. The first-order valence-corrected chi connectivity index (χ1v) is 12.2. The van der Waals surface area contributed by atoms with Gasteiger partial charge in [0, 0.05) is 26.7 Å². The van der Waals surface area contributed by atoms with Crippen molar-refractivity contribution < 1.29 is 4.79 Å². The number of hydrogen-bond acceptors (Lipinski definition) is 9. The molecule has 4 heterocycles. The van der Waals surface area contributed by atoms with Crippen LogP contribution >= 0.6 is 11.8 Å². The van der Waals surface area contributed by atoms with Crippen molar-refractivity contribution >= 4 is 45.7 Å². The summed E-state index contributed by atoms with van der Waals surface area (Å²) >= 11 is 1.55. The molecule has 0 aliphatic rings. The van der Waals surface area contributed by atoms with E-state index in [1.807, 2.05) is 20.8 Å². The molecular formula is C21H28N10O3S. The number of nitrogens with zero attached hydrogens (tertiary/aromatic N) is 8. The summed E-state index contributed by atoms with van der Waals surface area (Å²) in [6, 6.07) is 0.203. The third-order valence-corrected chi connectivity index (χ3v) is 6.08. The Hall–Kier alpha value is -3.68. The summed E-state index contributed by atoms with van der Waals surface area (Å²) < 4.78 is 5.46. The molecule has 0 atom stereocenters. The Bertz CT molecular complexity index is 1510. The highest BCUT2D eigenvalue weighted by atomic mass is 32.2. The lowest BCUT2D eigenvalue weighted by atomic mass is 10.3. The summed E-state index contributed by atoms with van der Waals surface area (Å²) in [5.41, 5.74) is 0.159. The summed E-state index contributed by atoms with van der Waals surface area (Å²) in [7, 11) is 2.93. The Labute approximate surface area is 204 Å². The number of aromatic nitrogens is 8. The standard InChI is InChI=1S/C21H28N10O3S/c1-6-35-20-26-16(25-12(2)3)13-9-24-31(17(13)27-20)8-7-22-14(32)10-30-11-23-18-15(30)19(33)29(5)21(34)28(18)4/h9,11-12H,6-8,10H2,1-5H3,(H,22,32)(H,25,26,27). The van der Waals surface area contributed by atoms with Crippen LogP contribution in [0.4, 0.5) is 5.82 Å². The number of anilines is 1. The highest BCUT2D eigenvalue weighted by Crippen LogP contribution is 2.24. The minimum Gasteiger partial charge on any atom is -0.367 e. The zero-order chi connectivity index (χ0) is 25.3. The van der Waals surface area contributed by atoms with Gasteiger partial charge < -0.3 is 15.2 Å². The summed E-state index contributed by atoms with van der Waals surface area (Å²) in [5.74, 6) is 1.28. The van der Waals surface area contributed by atoms with Gasteiger partial charge in [0.25, 0.3) is 5.56 Å². The second kappa shape index (κ2) is 9.90. The van der Waals surface area contributed by atoms with E-state index in [0.29, 0.717) is 23.9 Å². The largest absolute Gasteiger partial charge is 0.367 e. The second-order valence-corrected chi connectivity index (χ2v) is 9.52. The van der Waals surface area contributed by atoms with Crippen molar-refractivity contribution in [3.8, 4) is 0 Å². The molecule has 13 nitrogen and oxygen atoms in total. The van der Waals surface area contributed by atoms with Gasteiger partial charge in [-0.3, -0.25) is 18.7 Å². The van der Waals surface area contributed by atoms with E-state index in [4.69, 9.17) is 0 Å². The lowest BCUT2D eigenvalue weighted by Gasteiger charge is -2.12. The molecule has 0 aromatic carbocycles. The zero-order valence-corrected chi connectivity index (χ0v) is 21.1. The predicted molar refractivity (Wildman–Crippen MR) is 134 cm³/mol. The lowest BCUT2D eigenvalue weighted by molar-refractivity contribution is -0.121. The number of imidazole rings is 1. The van der Waals surface area contributed by atoms with E-state index >= 15 is 0 Å². The molecule has 1 amide bonds. The van der Waals surface area contributed by atoms with E-state index in [1.165, 1.54) is 29.6 Å². The van der Waals surface area contributed by atoms with Crippen LogP contribution in [0.1, 0.15) is 20.8 Å². The van der Waals surface area contributed by atoms with Crippen LogP contribution in [0.3, 0.4) is 0 Å². The highest BCUT2D eigenvalue weighted by molar-refractivity contribution is 7.99. The SMILES string of the molecule is CCSc1nc(NC(C)C)c2cnn(CCNC(=O)Cn3cnc4c3c(=O)n(C)c(=O)n4C)c2n1.